The molecule has 0 N–H and O–H groups in total. The number of aryl methyl sites for hydroxylation is 2. The van der Waals surface area contributed by atoms with E-state index in [0.29, 0.717) is 0 Å². The molecule has 0 fully saturated rings. The van der Waals surface area contributed by atoms with Gasteiger partial charge in [-0.25, -0.2) is 9.13 Å². The van der Waals surface area contributed by atoms with Crippen LogP contribution in [0, 0.1) is 13.8 Å². The van der Waals surface area contributed by atoms with Crippen molar-refractivity contribution >= 4 is 61.2 Å². The fraction of sp³-hybridized carbons (Fsp3) is 0.0909. The number of hydrogen-bond donors (Lipinski definition) is 0. The predicted molar refractivity (Wildman–Crippen MR) is 198 cm³/mol. The van der Waals surface area contributed by atoms with Crippen molar-refractivity contribution in [1.29, 1.82) is 0 Å². The molecule has 49 heavy (non-hydrogen) atoms. The van der Waals surface area contributed by atoms with E-state index in [-0.39, 0.29) is 0 Å². The summed E-state index contributed by atoms with van der Waals surface area (Å²) in [6.07, 6.45) is 0. The van der Waals surface area contributed by atoms with Crippen molar-refractivity contribution in [2.24, 2.45) is 14.1 Å². The van der Waals surface area contributed by atoms with E-state index in [4.69, 9.17) is 8.83 Å². The average molecular weight is 638 g/mol. The average Bonchev–Trinajstić information content (AvgIpc) is 3.69. The zero-order valence-corrected chi connectivity index (χ0v) is 27.9. The normalized spacial score (nSPS) is 11.7. The van der Waals surface area contributed by atoms with Crippen LogP contribution in [0.4, 0.5) is 17.3 Å². The molecule has 236 valence electrons. The van der Waals surface area contributed by atoms with Gasteiger partial charge in [-0.2, -0.15) is 4.90 Å². The minimum absolute atomic E-state index is 0.896. The second kappa shape index (κ2) is 11.2. The maximum Gasteiger partial charge on any atom is 0.290 e. The second-order valence-corrected chi connectivity index (χ2v) is 12.8. The summed E-state index contributed by atoms with van der Waals surface area (Å²) in [6, 6.07) is 48.9. The Morgan fingerprint density at radius 3 is 1.37 bits per heavy atom. The molecule has 0 amide bonds. The van der Waals surface area contributed by atoms with Crippen LogP contribution in [0.25, 0.3) is 66.4 Å². The van der Waals surface area contributed by atoms with Gasteiger partial charge in [0.2, 0.25) is 0 Å². The molecular weight excluding hydrogens is 603 g/mol. The van der Waals surface area contributed by atoms with Crippen LogP contribution in [0.2, 0.25) is 0 Å². The van der Waals surface area contributed by atoms with Gasteiger partial charge in [0.05, 0.1) is 25.2 Å². The van der Waals surface area contributed by atoms with Crippen molar-refractivity contribution in [2.45, 2.75) is 13.8 Å². The first kappa shape index (κ1) is 29.0. The molecule has 0 aliphatic heterocycles. The molecule has 4 heterocycles. The third-order valence-corrected chi connectivity index (χ3v) is 9.90. The standard InChI is InChI=1S/C44H35N3O2/c1-28-24-26-33-31-16-8-10-20-37(31)48-43(33)41(28)35-18-12-22-39(45(35)3)47(30-14-6-5-7-15-30)40-23-13-19-36(46(40)4)42-29(2)25-27-34-32-17-9-11-21-38(32)49-44(34)42/h5-27H,1-4H3/q+2. The van der Waals surface area contributed by atoms with Crippen LogP contribution in [0.1, 0.15) is 11.1 Å². The van der Waals surface area contributed by atoms with Gasteiger partial charge < -0.3 is 8.83 Å². The molecule has 0 unspecified atom stereocenters. The van der Waals surface area contributed by atoms with Gasteiger partial charge in [0, 0.05) is 33.7 Å². The number of para-hydroxylation sites is 3. The lowest BCUT2D eigenvalue weighted by atomic mass is 10.0. The molecule has 0 saturated carbocycles. The highest BCUT2D eigenvalue weighted by atomic mass is 16.3. The van der Waals surface area contributed by atoms with E-state index >= 15 is 0 Å². The third-order valence-electron chi connectivity index (χ3n) is 9.90. The molecule has 0 aliphatic carbocycles. The summed E-state index contributed by atoms with van der Waals surface area (Å²) >= 11 is 0. The highest BCUT2D eigenvalue weighted by Gasteiger charge is 2.31. The lowest BCUT2D eigenvalue weighted by Crippen LogP contribution is -2.43. The summed E-state index contributed by atoms with van der Waals surface area (Å²) < 4.78 is 17.7. The molecule has 5 heteroatoms. The first-order chi connectivity index (χ1) is 24.0. The molecule has 0 atom stereocenters. The van der Waals surface area contributed by atoms with Gasteiger partial charge in [0.1, 0.15) is 39.4 Å². The number of hydrogen-bond acceptors (Lipinski definition) is 3. The smallest absolute Gasteiger partial charge is 0.290 e. The molecule has 5 nitrogen and oxygen atoms in total. The summed E-state index contributed by atoms with van der Waals surface area (Å²) in [5, 5.41) is 4.50. The van der Waals surface area contributed by atoms with Crippen molar-refractivity contribution in [3.05, 3.63) is 151 Å². The van der Waals surface area contributed by atoms with E-state index in [0.717, 1.165) is 94.8 Å². The number of furan rings is 2. The van der Waals surface area contributed by atoms with Crippen LogP contribution in [-0.2, 0) is 14.1 Å². The summed E-state index contributed by atoms with van der Waals surface area (Å²) in [6.45, 7) is 4.32. The highest BCUT2D eigenvalue weighted by molar-refractivity contribution is 6.10. The van der Waals surface area contributed by atoms with E-state index in [2.05, 4.69) is 157 Å². The lowest BCUT2D eigenvalue weighted by Gasteiger charge is -2.21. The minimum atomic E-state index is 0.896. The summed E-state index contributed by atoms with van der Waals surface area (Å²) in [7, 11) is 4.29. The zero-order chi connectivity index (χ0) is 33.2. The third kappa shape index (κ3) is 4.46. The number of rotatable bonds is 5. The number of fused-ring (bicyclic) bond motifs is 6. The lowest BCUT2D eigenvalue weighted by molar-refractivity contribution is -0.656. The summed E-state index contributed by atoms with van der Waals surface area (Å²) in [5.74, 6) is 2.03. The van der Waals surface area contributed by atoms with Gasteiger partial charge in [-0.3, -0.25) is 0 Å². The fourth-order valence-electron chi connectivity index (χ4n) is 7.47. The quantitative estimate of drug-likeness (QED) is 0.176. The molecule has 4 aromatic heterocycles. The van der Waals surface area contributed by atoms with Crippen molar-refractivity contribution in [3.63, 3.8) is 0 Å². The van der Waals surface area contributed by atoms with E-state index in [1.807, 2.05) is 24.3 Å². The Morgan fingerprint density at radius 1 is 0.429 bits per heavy atom. The molecular formula is C44H35N3O2+2. The van der Waals surface area contributed by atoms with E-state index in [9.17, 15) is 0 Å². The van der Waals surface area contributed by atoms with Crippen molar-refractivity contribution in [2.75, 3.05) is 4.90 Å². The first-order valence-corrected chi connectivity index (χ1v) is 16.7. The van der Waals surface area contributed by atoms with Crippen LogP contribution >= 0.6 is 0 Å². The van der Waals surface area contributed by atoms with Gasteiger partial charge >= 0.3 is 0 Å². The van der Waals surface area contributed by atoms with Crippen molar-refractivity contribution in [1.82, 2.24) is 0 Å². The Balaban J connectivity index is 1.27. The van der Waals surface area contributed by atoms with Crippen molar-refractivity contribution in [3.8, 4) is 22.5 Å². The number of nitrogens with zero attached hydrogens (tertiary/aromatic N) is 3. The van der Waals surface area contributed by atoms with Crippen LogP contribution in [-0.4, -0.2) is 0 Å². The van der Waals surface area contributed by atoms with Gasteiger partial charge in [-0.15, -0.1) is 0 Å². The highest BCUT2D eigenvalue weighted by Crippen LogP contribution is 2.40. The van der Waals surface area contributed by atoms with Crippen LogP contribution in [0.15, 0.2) is 148 Å². The topological polar surface area (TPSA) is 37.3 Å². The summed E-state index contributed by atoms with van der Waals surface area (Å²) in [5.41, 5.74) is 11.3. The number of benzene rings is 5. The van der Waals surface area contributed by atoms with Gasteiger partial charge in [0.15, 0.2) is 0 Å². The molecule has 5 aromatic carbocycles. The van der Waals surface area contributed by atoms with E-state index in [1.54, 1.807) is 0 Å². The Hall–Kier alpha value is -6.20. The first-order valence-electron chi connectivity index (χ1n) is 16.7. The van der Waals surface area contributed by atoms with Gasteiger partial charge in [-0.05, 0) is 73.5 Å². The minimum Gasteiger partial charge on any atom is -0.455 e. The molecule has 9 aromatic rings. The fourth-order valence-corrected chi connectivity index (χ4v) is 7.47. The number of pyridine rings is 2. The molecule has 0 saturated heterocycles. The summed E-state index contributed by atoms with van der Waals surface area (Å²) in [4.78, 5) is 2.33. The second-order valence-electron chi connectivity index (χ2n) is 12.8. The molecule has 0 bridgehead atoms. The van der Waals surface area contributed by atoms with Gasteiger partial charge in [0.25, 0.3) is 11.6 Å². The Kier molecular flexibility index (Phi) is 6.63. The molecule has 0 radical (unpaired) electrons. The Bertz CT molecular complexity index is 2550. The predicted octanol–water partition coefficient (Wildman–Crippen LogP) is 10.6. The largest absolute Gasteiger partial charge is 0.455 e. The molecule has 9 rings (SSSR count). The Labute approximate surface area is 284 Å². The van der Waals surface area contributed by atoms with Gasteiger partial charge in [-0.1, -0.05) is 78.9 Å². The maximum absolute atomic E-state index is 6.56. The monoisotopic (exact) mass is 637 g/mol. The van der Waals surface area contributed by atoms with E-state index < -0.39 is 0 Å². The Morgan fingerprint density at radius 2 is 0.878 bits per heavy atom. The van der Waals surface area contributed by atoms with E-state index in [1.165, 1.54) is 0 Å². The van der Waals surface area contributed by atoms with Crippen LogP contribution < -0.4 is 14.0 Å². The zero-order valence-electron chi connectivity index (χ0n) is 27.9. The van der Waals surface area contributed by atoms with Crippen LogP contribution in [0.5, 0.6) is 0 Å². The number of aromatic nitrogens is 2. The number of anilines is 3. The molecule has 0 spiro atoms. The van der Waals surface area contributed by atoms with Crippen LogP contribution in [0.3, 0.4) is 0 Å². The maximum atomic E-state index is 6.56. The van der Waals surface area contributed by atoms with Crippen molar-refractivity contribution < 1.29 is 18.0 Å². The SMILES string of the molecule is Cc1ccc2c(oc3ccccc32)c1-c1cccc(N(c2ccccc2)c2cccc(-c3c(C)ccc4c3oc3ccccc34)[n+]2C)[n+]1C. The molecule has 0 aliphatic rings.